The van der Waals surface area contributed by atoms with E-state index in [4.69, 9.17) is 11.6 Å². The normalized spacial score (nSPS) is 12.1. The lowest BCUT2D eigenvalue weighted by Crippen LogP contribution is -1.95. The Morgan fingerprint density at radius 1 is 1.06 bits per heavy atom. The smallest absolute Gasteiger partial charge is 0.0712 e. The molecule has 2 heteroatoms. The van der Waals surface area contributed by atoms with Crippen LogP contribution in [-0.4, -0.2) is 0 Å². The van der Waals surface area contributed by atoms with Crippen molar-refractivity contribution in [1.82, 2.24) is 0 Å². The lowest BCUT2D eigenvalue weighted by atomic mass is 9.94. The maximum atomic E-state index is 9.21. The van der Waals surface area contributed by atoms with Crippen LogP contribution in [0.25, 0.3) is 0 Å². The average molecular weight is 264 g/mol. The van der Waals surface area contributed by atoms with Crippen LogP contribution in [0.15, 0.2) is 24.3 Å². The molecule has 0 saturated carbocycles. The molecule has 0 radical (unpaired) electrons. The summed E-state index contributed by atoms with van der Waals surface area (Å²) in [5.74, 6) is 0.0217. The van der Waals surface area contributed by atoms with Gasteiger partial charge in [-0.1, -0.05) is 69.2 Å². The molecule has 1 rings (SSSR count). The monoisotopic (exact) mass is 263 g/mol. The lowest BCUT2D eigenvalue weighted by molar-refractivity contribution is 0.575. The van der Waals surface area contributed by atoms with E-state index in [1.807, 2.05) is 24.3 Å². The van der Waals surface area contributed by atoms with Crippen LogP contribution >= 0.6 is 11.6 Å². The zero-order valence-electron chi connectivity index (χ0n) is 11.2. The molecule has 1 atom stereocenters. The minimum atomic E-state index is 0.0217. The first-order valence-electron chi connectivity index (χ1n) is 6.93. The van der Waals surface area contributed by atoms with Crippen LogP contribution in [0.3, 0.4) is 0 Å². The van der Waals surface area contributed by atoms with E-state index in [2.05, 4.69) is 13.0 Å². The van der Waals surface area contributed by atoms with E-state index in [1.54, 1.807) is 0 Å². The number of rotatable bonds is 8. The van der Waals surface area contributed by atoms with Gasteiger partial charge in [-0.15, -0.1) is 0 Å². The number of unbranched alkanes of at least 4 members (excludes halogenated alkanes) is 5. The van der Waals surface area contributed by atoms with E-state index in [0.29, 0.717) is 0 Å². The Balaban J connectivity index is 2.30. The zero-order valence-corrected chi connectivity index (χ0v) is 11.9. The molecule has 0 unspecified atom stereocenters. The van der Waals surface area contributed by atoms with E-state index >= 15 is 0 Å². The van der Waals surface area contributed by atoms with Crippen molar-refractivity contribution in [3.63, 3.8) is 0 Å². The van der Waals surface area contributed by atoms with Crippen molar-refractivity contribution in [2.24, 2.45) is 0 Å². The fourth-order valence-corrected chi connectivity index (χ4v) is 2.26. The van der Waals surface area contributed by atoms with Crippen LogP contribution in [0.1, 0.15) is 63.4 Å². The molecule has 0 fully saturated rings. The lowest BCUT2D eigenvalue weighted by Gasteiger charge is -2.09. The van der Waals surface area contributed by atoms with Gasteiger partial charge in [0.2, 0.25) is 0 Å². The van der Waals surface area contributed by atoms with Gasteiger partial charge in [0.05, 0.1) is 12.0 Å². The van der Waals surface area contributed by atoms with Gasteiger partial charge in [-0.2, -0.15) is 5.26 Å². The Labute approximate surface area is 116 Å². The van der Waals surface area contributed by atoms with E-state index in [-0.39, 0.29) is 5.92 Å². The average Bonchev–Trinajstić information content (AvgIpc) is 2.39. The van der Waals surface area contributed by atoms with E-state index in [9.17, 15) is 5.26 Å². The fraction of sp³-hybridized carbons (Fsp3) is 0.562. The summed E-state index contributed by atoms with van der Waals surface area (Å²) >= 11 is 5.85. The van der Waals surface area contributed by atoms with Crippen molar-refractivity contribution in [2.75, 3.05) is 0 Å². The Hall–Kier alpha value is -1.00. The summed E-state index contributed by atoms with van der Waals surface area (Å²) < 4.78 is 0. The minimum absolute atomic E-state index is 0.0217. The molecular weight excluding hydrogens is 242 g/mol. The summed E-state index contributed by atoms with van der Waals surface area (Å²) in [4.78, 5) is 0. The highest BCUT2D eigenvalue weighted by Crippen LogP contribution is 2.23. The first-order valence-corrected chi connectivity index (χ1v) is 7.30. The molecule has 0 aliphatic heterocycles. The highest BCUT2D eigenvalue weighted by Gasteiger charge is 2.09. The first kappa shape index (κ1) is 15.1. The van der Waals surface area contributed by atoms with Gasteiger partial charge < -0.3 is 0 Å². The van der Waals surface area contributed by atoms with Crippen LogP contribution in [-0.2, 0) is 0 Å². The third-order valence-corrected chi connectivity index (χ3v) is 3.53. The van der Waals surface area contributed by atoms with Gasteiger partial charge >= 0.3 is 0 Å². The highest BCUT2D eigenvalue weighted by atomic mass is 35.5. The maximum absolute atomic E-state index is 9.21. The first-order chi connectivity index (χ1) is 8.77. The zero-order chi connectivity index (χ0) is 13.2. The molecule has 98 valence electrons. The Morgan fingerprint density at radius 2 is 1.67 bits per heavy atom. The number of nitriles is 1. The van der Waals surface area contributed by atoms with E-state index in [0.717, 1.165) is 23.4 Å². The summed E-state index contributed by atoms with van der Waals surface area (Å²) in [6.45, 7) is 2.23. The standard InChI is InChI=1S/C16H22ClN/c1-2-3-4-5-6-7-8-15(13-18)14-9-11-16(17)12-10-14/h9-12,15H,2-8H2,1H3/t15-/m1/s1. The molecule has 0 saturated heterocycles. The second-order valence-corrected chi connectivity index (χ2v) is 5.23. The summed E-state index contributed by atoms with van der Waals surface area (Å²) in [6.07, 6.45) is 8.59. The second kappa shape index (κ2) is 9.00. The molecule has 0 aromatic heterocycles. The molecule has 0 aliphatic carbocycles. The number of nitrogens with zero attached hydrogens (tertiary/aromatic N) is 1. The number of hydrogen-bond acceptors (Lipinski definition) is 1. The molecule has 0 aliphatic rings. The van der Waals surface area contributed by atoms with Crippen LogP contribution in [0, 0.1) is 11.3 Å². The van der Waals surface area contributed by atoms with Crippen LogP contribution in [0.2, 0.25) is 5.02 Å². The molecule has 0 amide bonds. The predicted octanol–water partition coefficient (Wildman–Crippen LogP) is 5.70. The van der Waals surface area contributed by atoms with Gasteiger partial charge in [-0.25, -0.2) is 0 Å². The molecule has 1 nitrogen and oxygen atoms in total. The van der Waals surface area contributed by atoms with E-state index < -0.39 is 0 Å². The largest absolute Gasteiger partial charge is 0.198 e. The van der Waals surface area contributed by atoms with Gasteiger partial charge in [0, 0.05) is 5.02 Å². The Kier molecular flexibility index (Phi) is 7.53. The number of benzene rings is 1. The topological polar surface area (TPSA) is 23.8 Å². The van der Waals surface area contributed by atoms with Crippen molar-refractivity contribution in [3.05, 3.63) is 34.9 Å². The Bertz CT molecular complexity index is 364. The third-order valence-electron chi connectivity index (χ3n) is 3.27. The van der Waals surface area contributed by atoms with Gasteiger partial charge in [-0.05, 0) is 24.1 Å². The van der Waals surface area contributed by atoms with E-state index in [1.165, 1.54) is 32.1 Å². The summed E-state index contributed by atoms with van der Waals surface area (Å²) in [5, 5.41) is 9.94. The molecule has 0 spiro atoms. The summed E-state index contributed by atoms with van der Waals surface area (Å²) in [7, 11) is 0. The second-order valence-electron chi connectivity index (χ2n) is 4.79. The Morgan fingerprint density at radius 3 is 2.28 bits per heavy atom. The van der Waals surface area contributed by atoms with Gasteiger partial charge in [0.15, 0.2) is 0 Å². The molecule has 18 heavy (non-hydrogen) atoms. The summed E-state index contributed by atoms with van der Waals surface area (Å²) in [5.41, 5.74) is 1.09. The molecule has 0 heterocycles. The third kappa shape index (κ3) is 5.56. The molecule has 1 aromatic carbocycles. The SMILES string of the molecule is CCCCCCCC[C@H](C#N)c1ccc(Cl)cc1. The number of hydrogen-bond donors (Lipinski definition) is 0. The van der Waals surface area contributed by atoms with Crippen molar-refractivity contribution < 1.29 is 0 Å². The van der Waals surface area contributed by atoms with Crippen molar-refractivity contribution in [3.8, 4) is 6.07 Å². The minimum Gasteiger partial charge on any atom is -0.198 e. The molecule has 0 N–H and O–H groups in total. The predicted molar refractivity (Wildman–Crippen MR) is 77.8 cm³/mol. The van der Waals surface area contributed by atoms with Gasteiger partial charge in [0.25, 0.3) is 0 Å². The van der Waals surface area contributed by atoms with Crippen molar-refractivity contribution in [1.29, 1.82) is 5.26 Å². The number of halogens is 1. The van der Waals surface area contributed by atoms with Gasteiger partial charge in [0.1, 0.15) is 0 Å². The van der Waals surface area contributed by atoms with Crippen LogP contribution in [0.5, 0.6) is 0 Å². The molecule has 0 bridgehead atoms. The summed E-state index contributed by atoms with van der Waals surface area (Å²) in [6, 6.07) is 10.1. The molecular formula is C16H22ClN. The molecule has 1 aromatic rings. The maximum Gasteiger partial charge on any atom is 0.0712 e. The van der Waals surface area contributed by atoms with Crippen LogP contribution < -0.4 is 0 Å². The highest BCUT2D eigenvalue weighted by molar-refractivity contribution is 6.30. The van der Waals surface area contributed by atoms with Gasteiger partial charge in [-0.3, -0.25) is 0 Å². The van der Waals surface area contributed by atoms with Crippen LogP contribution in [0.4, 0.5) is 0 Å². The fourth-order valence-electron chi connectivity index (χ4n) is 2.13. The quantitative estimate of drug-likeness (QED) is 0.552. The van der Waals surface area contributed by atoms with Crippen molar-refractivity contribution >= 4 is 11.6 Å². The van der Waals surface area contributed by atoms with Crippen molar-refractivity contribution in [2.45, 2.75) is 57.8 Å².